The van der Waals surface area contributed by atoms with Gasteiger partial charge in [0, 0.05) is 44.3 Å². The molecule has 2 rings (SSSR count). The highest BCUT2D eigenvalue weighted by Crippen LogP contribution is 2.24. The van der Waals surface area contributed by atoms with Gasteiger partial charge >= 0.3 is 0 Å². The third-order valence-electron chi connectivity index (χ3n) is 4.66. The number of carbonyl (C=O) groups excluding carboxylic acids is 1. The number of imidazole rings is 1. The molecule has 1 aliphatic heterocycles. The quantitative estimate of drug-likeness (QED) is 0.760. The van der Waals surface area contributed by atoms with Gasteiger partial charge in [0.15, 0.2) is 0 Å². The largest absolute Gasteiger partial charge is 0.350 e. The van der Waals surface area contributed by atoms with Crippen LogP contribution in [0.4, 0.5) is 0 Å². The molecule has 2 heterocycles. The highest BCUT2D eigenvalue weighted by Gasteiger charge is 2.35. The van der Waals surface area contributed by atoms with Crippen LogP contribution in [-0.2, 0) is 21.2 Å². The molecule has 1 amide bonds. The molecule has 0 unspecified atom stereocenters. The van der Waals surface area contributed by atoms with Gasteiger partial charge in [-0.25, -0.2) is 13.4 Å². The van der Waals surface area contributed by atoms with E-state index in [4.69, 9.17) is 0 Å². The van der Waals surface area contributed by atoms with Crippen molar-refractivity contribution in [2.45, 2.75) is 33.4 Å². The fourth-order valence-electron chi connectivity index (χ4n) is 3.20. The minimum atomic E-state index is -2.97. The molecule has 0 radical (unpaired) electrons. The summed E-state index contributed by atoms with van der Waals surface area (Å²) in [6.07, 6.45) is 4.74. The fourth-order valence-corrected chi connectivity index (χ4v) is 3.79. The number of amides is 1. The van der Waals surface area contributed by atoms with Gasteiger partial charge in [0.25, 0.3) is 0 Å². The van der Waals surface area contributed by atoms with E-state index >= 15 is 0 Å². The normalized spacial score (nSPS) is 22.2. The van der Waals surface area contributed by atoms with Crippen molar-refractivity contribution in [3.05, 3.63) is 18.2 Å². The lowest BCUT2D eigenvalue weighted by atomic mass is 9.91. The molecule has 7 nitrogen and oxygen atoms in total. The molecule has 0 saturated carbocycles. The zero-order valence-electron chi connectivity index (χ0n) is 14.9. The average Bonchev–Trinajstić information content (AvgIpc) is 3.03. The molecule has 2 atom stereocenters. The number of hydrogen-bond acceptors (Lipinski definition) is 5. The van der Waals surface area contributed by atoms with Crippen molar-refractivity contribution in [3.8, 4) is 0 Å². The van der Waals surface area contributed by atoms with E-state index in [0.29, 0.717) is 24.9 Å². The zero-order valence-corrected chi connectivity index (χ0v) is 15.7. The third kappa shape index (κ3) is 5.31. The van der Waals surface area contributed by atoms with Gasteiger partial charge in [-0.05, 0) is 18.8 Å². The summed E-state index contributed by atoms with van der Waals surface area (Å²) >= 11 is 0. The van der Waals surface area contributed by atoms with Crippen molar-refractivity contribution >= 4 is 15.7 Å². The van der Waals surface area contributed by atoms with Crippen LogP contribution in [0, 0.1) is 18.8 Å². The smallest absolute Gasteiger partial charge is 0.240 e. The molecule has 1 N–H and O–H groups in total. The second-order valence-electron chi connectivity index (χ2n) is 7.07. The van der Waals surface area contributed by atoms with Crippen LogP contribution in [0.2, 0.25) is 0 Å². The Balaban J connectivity index is 1.94. The highest BCUT2D eigenvalue weighted by molar-refractivity contribution is 7.90. The molecule has 24 heavy (non-hydrogen) atoms. The number of carbonyl (C=O) groups is 1. The van der Waals surface area contributed by atoms with Crippen LogP contribution in [0.25, 0.3) is 0 Å². The molecular formula is C16H28N4O3S. The van der Waals surface area contributed by atoms with E-state index in [-0.39, 0.29) is 24.2 Å². The second kappa shape index (κ2) is 7.65. The topological polar surface area (TPSA) is 84.3 Å². The summed E-state index contributed by atoms with van der Waals surface area (Å²) in [6.45, 7) is 8.46. The molecule has 8 heteroatoms. The Morgan fingerprint density at radius 2 is 2.12 bits per heavy atom. The van der Waals surface area contributed by atoms with E-state index in [1.54, 1.807) is 12.4 Å². The van der Waals surface area contributed by atoms with E-state index in [0.717, 1.165) is 12.4 Å². The molecule has 1 aromatic rings. The van der Waals surface area contributed by atoms with Gasteiger partial charge in [-0.2, -0.15) is 0 Å². The van der Waals surface area contributed by atoms with Crippen LogP contribution < -0.4 is 5.32 Å². The summed E-state index contributed by atoms with van der Waals surface area (Å²) in [5.41, 5.74) is 0. The molecule has 1 aromatic heterocycles. The standard InChI is InChI=1S/C16H28N4O3S/c1-12(2)14-9-19(7-8-24(4,22)23)10-15(14)18-16(21)11-20-6-5-17-13(20)3/h5-6,12,14-15H,7-11H2,1-4H3,(H,18,21)/t14-,15+/m0/s1. The van der Waals surface area contributed by atoms with Gasteiger partial charge in [0.2, 0.25) is 5.91 Å². The molecule has 0 bridgehead atoms. The fraction of sp³-hybridized carbons (Fsp3) is 0.750. The van der Waals surface area contributed by atoms with Crippen LogP contribution >= 0.6 is 0 Å². The molecule has 0 spiro atoms. The lowest BCUT2D eigenvalue weighted by Gasteiger charge is -2.23. The van der Waals surface area contributed by atoms with Crippen molar-refractivity contribution in [2.24, 2.45) is 11.8 Å². The maximum absolute atomic E-state index is 12.3. The highest BCUT2D eigenvalue weighted by atomic mass is 32.2. The zero-order chi connectivity index (χ0) is 17.9. The van der Waals surface area contributed by atoms with Crippen molar-refractivity contribution in [2.75, 3.05) is 31.6 Å². The summed E-state index contributed by atoms with van der Waals surface area (Å²) in [4.78, 5) is 18.6. The van der Waals surface area contributed by atoms with E-state index in [2.05, 4.69) is 29.0 Å². The average molecular weight is 356 g/mol. The number of nitrogens with zero attached hydrogens (tertiary/aromatic N) is 3. The summed E-state index contributed by atoms with van der Waals surface area (Å²) in [5.74, 6) is 1.70. The van der Waals surface area contributed by atoms with E-state index in [1.165, 1.54) is 6.26 Å². The Labute approximate surface area is 144 Å². The number of likely N-dealkylation sites (tertiary alicyclic amines) is 1. The van der Waals surface area contributed by atoms with Gasteiger partial charge in [0.05, 0.1) is 5.75 Å². The number of rotatable bonds is 7. The van der Waals surface area contributed by atoms with Gasteiger partial charge in [-0.1, -0.05) is 13.8 Å². The second-order valence-corrected chi connectivity index (χ2v) is 9.33. The van der Waals surface area contributed by atoms with Crippen molar-refractivity contribution < 1.29 is 13.2 Å². The van der Waals surface area contributed by atoms with Crippen LogP contribution in [0.15, 0.2) is 12.4 Å². The summed E-state index contributed by atoms with van der Waals surface area (Å²) in [7, 11) is -2.97. The first-order valence-corrected chi connectivity index (χ1v) is 10.4. The van der Waals surface area contributed by atoms with Crippen molar-refractivity contribution in [1.29, 1.82) is 0 Å². The summed E-state index contributed by atoms with van der Waals surface area (Å²) in [5, 5.41) is 3.12. The Hall–Kier alpha value is -1.41. The Bertz CT molecular complexity index is 669. The number of aryl methyl sites for hydroxylation is 1. The molecule has 1 aliphatic rings. The molecule has 0 aliphatic carbocycles. The Kier molecular flexibility index (Phi) is 6.03. The van der Waals surface area contributed by atoms with E-state index in [1.807, 2.05) is 11.5 Å². The Morgan fingerprint density at radius 3 is 2.67 bits per heavy atom. The van der Waals surface area contributed by atoms with Crippen LogP contribution in [0.5, 0.6) is 0 Å². The maximum atomic E-state index is 12.3. The predicted octanol–water partition coefficient (Wildman–Crippen LogP) is 0.309. The first-order valence-electron chi connectivity index (χ1n) is 8.33. The minimum absolute atomic E-state index is 0.0308. The van der Waals surface area contributed by atoms with E-state index in [9.17, 15) is 13.2 Å². The van der Waals surface area contributed by atoms with Gasteiger partial charge in [0.1, 0.15) is 22.2 Å². The minimum Gasteiger partial charge on any atom is -0.350 e. The lowest BCUT2D eigenvalue weighted by molar-refractivity contribution is -0.122. The van der Waals surface area contributed by atoms with Gasteiger partial charge in [-0.3, -0.25) is 9.69 Å². The molecule has 1 saturated heterocycles. The SMILES string of the molecule is Cc1nccn1CC(=O)N[C@@H]1CN(CCS(C)(=O)=O)C[C@H]1C(C)C. The number of sulfone groups is 1. The van der Waals surface area contributed by atoms with Crippen LogP contribution in [0.3, 0.4) is 0 Å². The summed E-state index contributed by atoms with van der Waals surface area (Å²) in [6, 6.07) is 0.0564. The first-order chi connectivity index (χ1) is 11.2. The van der Waals surface area contributed by atoms with E-state index < -0.39 is 9.84 Å². The van der Waals surface area contributed by atoms with Crippen LogP contribution in [0.1, 0.15) is 19.7 Å². The van der Waals surface area contributed by atoms with Gasteiger partial charge in [-0.15, -0.1) is 0 Å². The predicted molar refractivity (Wildman–Crippen MR) is 93.4 cm³/mol. The first kappa shape index (κ1) is 18.9. The Morgan fingerprint density at radius 1 is 1.42 bits per heavy atom. The molecule has 136 valence electrons. The molecular weight excluding hydrogens is 328 g/mol. The van der Waals surface area contributed by atoms with Crippen molar-refractivity contribution in [3.63, 3.8) is 0 Å². The lowest BCUT2D eigenvalue weighted by Crippen LogP contribution is -2.43. The monoisotopic (exact) mass is 356 g/mol. The maximum Gasteiger partial charge on any atom is 0.240 e. The number of aromatic nitrogens is 2. The molecule has 1 fully saturated rings. The van der Waals surface area contributed by atoms with Gasteiger partial charge < -0.3 is 9.88 Å². The number of hydrogen-bond donors (Lipinski definition) is 1. The molecule has 0 aromatic carbocycles. The number of nitrogens with one attached hydrogen (secondary N) is 1. The summed E-state index contributed by atoms with van der Waals surface area (Å²) < 4.78 is 24.5. The third-order valence-corrected chi connectivity index (χ3v) is 5.58. The van der Waals surface area contributed by atoms with Crippen molar-refractivity contribution in [1.82, 2.24) is 19.8 Å². The van der Waals surface area contributed by atoms with Crippen LogP contribution in [-0.4, -0.2) is 66.5 Å².